The smallest absolute Gasteiger partial charge is 0.379 e. The van der Waals surface area contributed by atoms with Gasteiger partial charge in [0.25, 0.3) is 5.91 Å². The molecule has 2 atom stereocenters. The van der Waals surface area contributed by atoms with E-state index in [4.69, 9.17) is 4.74 Å². The highest BCUT2D eigenvalue weighted by molar-refractivity contribution is 5.97. The molecule has 0 bridgehead atoms. The molecular formula is C20H27F3N2O2. The maximum absolute atomic E-state index is 13.1. The number of likely N-dealkylation sites (tertiary alicyclic amines) is 1. The lowest BCUT2D eigenvalue weighted by Crippen LogP contribution is -2.56. The second-order valence-corrected chi connectivity index (χ2v) is 7.43. The van der Waals surface area contributed by atoms with E-state index in [1.807, 2.05) is 0 Å². The molecule has 2 aliphatic heterocycles. The van der Waals surface area contributed by atoms with Crippen LogP contribution in [0.25, 0.3) is 0 Å². The van der Waals surface area contributed by atoms with Crippen molar-refractivity contribution in [2.24, 2.45) is 0 Å². The van der Waals surface area contributed by atoms with Crippen molar-refractivity contribution in [3.8, 4) is 0 Å². The number of amides is 1. The maximum Gasteiger partial charge on any atom is 0.416 e. The van der Waals surface area contributed by atoms with Gasteiger partial charge in [0.1, 0.15) is 0 Å². The Labute approximate surface area is 158 Å². The molecule has 2 heterocycles. The molecule has 150 valence electrons. The second-order valence-electron chi connectivity index (χ2n) is 7.43. The minimum atomic E-state index is -4.41. The van der Waals surface area contributed by atoms with Crippen LogP contribution in [0.5, 0.6) is 0 Å². The van der Waals surface area contributed by atoms with Gasteiger partial charge in [0.05, 0.1) is 18.2 Å². The molecular weight excluding hydrogens is 357 g/mol. The lowest BCUT2D eigenvalue weighted by Gasteiger charge is -2.38. The summed E-state index contributed by atoms with van der Waals surface area (Å²) in [7, 11) is 0. The maximum atomic E-state index is 13.1. The van der Waals surface area contributed by atoms with Gasteiger partial charge in [-0.3, -0.25) is 9.69 Å². The SMILES string of the molecule is CCc1cc(C(F)(F)F)cc(C)c1C(=O)N[C@H]1COCC[C@H]1N1CCCC1. The van der Waals surface area contributed by atoms with Gasteiger partial charge in [0.15, 0.2) is 0 Å². The number of nitrogens with one attached hydrogen (secondary N) is 1. The summed E-state index contributed by atoms with van der Waals surface area (Å²) in [4.78, 5) is 15.4. The van der Waals surface area contributed by atoms with Gasteiger partial charge in [-0.1, -0.05) is 6.92 Å². The number of nitrogens with zero attached hydrogens (tertiary/aromatic N) is 1. The van der Waals surface area contributed by atoms with Gasteiger partial charge in [-0.2, -0.15) is 13.2 Å². The van der Waals surface area contributed by atoms with Crippen molar-refractivity contribution >= 4 is 5.91 Å². The van der Waals surface area contributed by atoms with Gasteiger partial charge in [0, 0.05) is 18.2 Å². The van der Waals surface area contributed by atoms with E-state index >= 15 is 0 Å². The number of carbonyl (C=O) groups excluding carboxylic acids is 1. The molecule has 2 aliphatic rings. The first kappa shape index (κ1) is 20.1. The summed E-state index contributed by atoms with van der Waals surface area (Å²) < 4.78 is 44.8. The molecule has 1 aromatic rings. The first-order valence-electron chi connectivity index (χ1n) is 9.64. The van der Waals surface area contributed by atoms with E-state index < -0.39 is 11.7 Å². The molecule has 1 aromatic carbocycles. The number of benzene rings is 1. The van der Waals surface area contributed by atoms with Crippen LogP contribution in [0, 0.1) is 6.92 Å². The largest absolute Gasteiger partial charge is 0.416 e. The van der Waals surface area contributed by atoms with Crippen LogP contribution in [0.4, 0.5) is 13.2 Å². The van der Waals surface area contributed by atoms with Crippen LogP contribution in [0.3, 0.4) is 0 Å². The fraction of sp³-hybridized carbons (Fsp3) is 0.650. The van der Waals surface area contributed by atoms with Crippen molar-refractivity contribution < 1.29 is 22.7 Å². The lowest BCUT2D eigenvalue weighted by atomic mass is 9.94. The molecule has 0 spiro atoms. The predicted octanol–water partition coefficient (Wildman–Crippen LogP) is 3.56. The molecule has 4 nitrogen and oxygen atoms in total. The summed E-state index contributed by atoms with van der Waals surface area (Å²) in [5, 5.41) is 3.05. The monoisotopic (exact) mass is 384 g/mol. The number of hydrogen-bond acceptors (Lipinski definition) is 3. The van der Waals surface area contributed by atoms with E-state index in [1.54, 1.807) is 13.8 Å². The first-order chi connectivity index (χ1) is 12.8. The zero-order chi connectivity index (χ0) is 19.6. The quantitative estimate of drug-likeness (QED) is 0.863. The number of aryl methyl sites for hydroxylation is 2. The van der Waals surface area contributed by atoms with Crippen molar-refractivity contribution in [3.05, 3.63) is 34.4 Å². The highest BCUT2D eigenvalue weighted by atomic mass is 19.4. The number of rotatable bonds is 4. The van der Waals surface area contributed by atoms with E-state index in [1.165, 1.54) is 0 Å². The summed E-state index contributed by atoms with van der Waals surface area (Å²) in [6.07, 6.45) is -0.865. The third-order valence-corrected chi connectivity index (χ3v) is 5.60. The Morgan fingerprint density at radius 2 is 2.00 bits per heavy atom. The molecule has 0 unspecified atom stereocenters. The van der Waals surface area contributed by atoms with E-state index in [2.05, 4.69) is 10.2 Å². The van der Waals surface area contributed by atoms with Crippen molar-refractivity contribution in [1.82, 2.24) is 10.2 Å². The van der Waals surface area contributed by atoms with Crippen molar-refractivity contribution in [1.29, 1.82) is 0 Å². The van der Waals surface area contributed by atoms with E-state index in [0.29, 0.717) is 36.3 Å². The zero-order valence-corrected chi connectivity index (χ0v) is 15.9. The summed E-state index contributed by atoms with van der Waals surface area (Å²) in [5.74, 6) is -0.308. The summed E-state index contributed by atoms with van der Waals surface area (Å²) >= 11 is 0. The minimum absolute atomic E-state index is 0.143. The summed E-state index contributed by atoms with van der Waals surface area (Å²) in [5.41, 5.74) is 0.434. The van der Waals surface area contributed by atoms with E-state index in [0.717, 1.165) is 44.5 Å². The average Bonchev–Trinajstić information content (AvgIpc) is 3.15. The molecule has 1 amide bonds. The fourth-order valence-electron chi connectivity index (χ4n) is 4.24. The van der Waals surface area contributed by atoms with Crippen molar-refractivity contribution in [3.63, 3.8) is 0 Å². The Balaban J connectivity index is 1.82. The van der Waals surface area contributed by atoms with Crippen LogP contribution < -0.4 is 5.32 Å². The Bertz CT molecular complexity index is 685. The molecule has 2 fully saturated rings. The van der Waals surface area contributed by atoms with Crippen LogP contribution in [0.2, 0.25) is 0 Å². The normalized spacial score (nSPS) is 24.2. The number of ether oxygens (including phenoxy) is 1. The van der Waals surface area contributed by atoms with E-state index in [-0.39, 0.29) is 18.0 Å². The van der Waals surface area contributed by atoms with Crippen LogP contribution >= 0.6 is 0 Å². The lowest BCUT2D eigenvalue weighted by molar-refractivity contribution is -0.137. The summed E-state index contributed by atoms with van der Waals surface area (Å²) in [6.45, 7) is 6.50. The molecule has 3 rings (SSSR count). The Morgan fingerprint density at radius 1 is 1.30 bits per heavy atom. The molecule has 7 heteroatoms. The standard InChI is InChI=1S/C20H27F3N2O2/c1-3-14-11-15(20(21,22)23)10-13(2)18(14)19(26)24-16-12-27-9-6-17(16)25-7-4-5-8-25/h10-11,16-17H,3-9,12H2,1-2H3,(H,24,26)/t16-,17+/m0/s1. The topological polar surface area (TPSA) is 41.6 Å². The number of carbonyl (C=O) groups is 1. The molecule has 0 aliphatic carbocycles. The fourth-order valence-corrected chi connectivity index (χ4v) is 4.24. The molecule has 0 aromatic heterocycles. The molecule has 1 N–H and O–H groups in total. The second kappa shape index (κ2) is 8.19. The molecule has 0 saturated carbocycles. The van der Waals surface area contributed by atoms with Crippen molar-refractivity contribution in [2.75, 3.05) is 26.3 Å². The number of halogens is 3. The van der Waals surface area contributed by atoms with Gasteiger partial charge in [-0.15, -0.1) is 0 Å². The van der Waals surface area contributed by atoms with Gasteiger partial charge in [0.2, 0.25) is 0 Å². The Morgan fingerprint density at radius 3 is 2.63 bits per heavy atom. The number of hydrogen-bond donors (Lipinski definition) is 1. The van der Waals surface area contributed by atoms with Gasteiger partial charge >= 0.3 is 6.18 Å². The third-order valence-electron chi connectivity index (χ3n) is 5.60. The summed E-state index contributed by atoms with van der Waals surface area (Å²) in [6, 6.07) is 2.24. The van der Waals surface area contributed by atoms with Gasteiger partial charge in [-0.25, -0.2) is 0 Å². The van der Waals surface area contributed by atoms with Gasteiger partial charge in [-0.05, 0) is 69.0 Å². The average molecular weight is 384 g/mol. The highest BCUT2D eigenvalue weighted by Gasteiger charge is 2.35. The van der Waals surface area contributed by atoms with Crippen LogP contribution in [-0.4, -0.2) is 49.2 Å². The minimum Gasteiger partial charge on any atom is -0.379 e. The molecule has 0 radical (unpaired) electrons. The van der Waals surface area contributed by atoms with Crippen LogP contribution in [0.15, 0.2) is 12.1 Å². The van der Waals surface area contributed by atoms with Crippen molar-refractivity contribution in [2.45, 2.75) is 57.8 Å². The zero-order valence-electron chi connectivity index (χ0n) is 15.9. The van der Waals surface area contributed by atoms with Crippen LogP contribution in [-0.2, 0) is 17.3 Å². The number of alkyl halides is 3. The predicted molar refractivity (Wildman–Crippen MR) is 96.8 cm³/mol. The third kappa shape index (κ3) is 4.46. The van der Waals surface area contributed by atoms with Crippen LogP contribution in [0.1, 0.15) is 53.2 Å². The van der Waals surface area contributed by atoms with Gasteiger partial charge < -0.3 is 10.1 Å². The van der Waals surface area contributed by atoms with E-state index in [9.17, 15) is 18.0 Å². The Kier molecular flexibility index (Phi) is 6.11. The Hall–Kier alpha value is -1.60. The first-order valence-corrected chi connectivity index (χ1v) is 9.64. The molecule has 2 saturated heterocycles. The highest BCUT2D eigenvalue weighted by Crippen LogP contribution is 2.32. The molecule has 27 heavy (non-hydrogen) atoms.